The van der Waals surface area contributed by atoms with E-state index in [9.17, 15) is 18.7 Å². The molecule has 0 atom stereocenters. The van der Waals surface area contributed by atoms with Crippen LogP contribution in [0.5, 0.6) is 5.75 Å². The second kappa shape index (κ2) is 7.19. The summed E-state index contributed by atoms with van der Waals surface area (Å²) in [5, 5.41) is 13.8. The van der Waals surface area contributed by atoms with Crippen LogP contribution in [0.2, 0.25) is 0 Å². The fraction of sp³-hybridized carbons (Fsp3) is 0.0500. The molecule has 3 N–H and O–H groups in total. The third kappa shape index (κ3) is 3.57. The summed E-state index contributed by atoms with van der Waals surface area (Å²) in [6.45, 7) is -0.136. The molecule has 0 amide bonds. The average Bonchev–Trinajstić information content (AvgIpc) is 3.21. The highest BCUT2D eigenvalue weighted by Gasteiger charge is 2.17. The number of carbonyl (C=O) groups is 1. The summed E-state index contributed by atoms with van der Waals surface area (Å²) in [5.41, 5.74) is 6.61. The van der Waals surface area contributed by atoms with Gasteiger partial charge >= 0.3 is 5.97 Å². The zero-order valence-electron chi connectivity index (χ0n) is 14.8. The fourth-order valence-electron chi connectivity index (χ4n) is 2.93. The Labute approximate surface area is 163 Å². The van der Waals surface area contributed by atoms with E-state index in [0.717, 1.165) is 6.07 Å². The number of aromatic nitrogens is 3. The smallest absolute Gasteiger partial charge is 0.338 e. The number of nitrogens with two attached hydrogens (primary N) is 1. The maximum atomic E-state index is 14.2. The Kier molecular flexibility index (Phi) is 4.55. The van der Waals surface area contributed by atoms with Crippen molar-refractivity contribution in [1.82, 2.24) is 14.8 Å². The van der Waals surface area contributed by atoms with Crippen LogP contribution in [-0.2, 0) is 6.61 Å². The highest BCUT2D eigenvalue weighted by Crippen LogP contribution is 2.28. The van der Waals surface area contributed by atoms with Gasteiger partial charge in [0.05, 0.1) is 16.8 Å². The molecule has 4 rings (SSSR count). The van der Waals surface area contributed by atoms with E-state index >= 15 is 0 Å². The number of rotatable bonds is 5. The molecule has 0 spiro atoms. The van der Waals surface area contributed by atoms with Crippen LogP contribution in [0.1, 0.15) is 15.9 Å². The van der Waals surface area contributed by atoms with Crippen LogP contribution >= 0.6 is 0 Å². The Bertz CT molecular complexity index is 1230. The number of hydrogen-bond acceptors (Lipinski definition) is 5. The van der Waals surface area contributed by atoms with Crippen molar-refractivity contribution in [2.75, 3.05) is 5.73 Å². The molecule has 0 saturated heterocycles. The summed E-state index contributed by atoms with van der Waals surface area (Å²) in [6, 6.07) is 9.51. The lowest BCUT2D eigenvalue weighted by atomic mass is 10.1. The maximum Gasteiger partial charge on any atom is 0.338 e. The van der Waals surface area contributed by atoms with Crippen LogP contribution < -0.4 is 10.5 Å². The number of ether oxygens (including phenoxy) is 1. The van der Waals surface area contributed by atoms with Gasteiger partial charge in [0.25, 0.3) is 0 Å². The van der Waals surface area contributed by atoms with Gasteiger partial charge in [0, 0.05) is 29.4 Å². The fourth-order valence-corrected chi connectivity index (χ4v) is 2.93. The van der Waals surface area contributed by atoms with Crippen molar-refractivity contribution >= 4 is 22.7 Å². The molecule has 0 bridgehead atoms. The molecule has 0 fully saturated rings. The number of hydrogen-bond donors (Lipinski definition) is 2. The van der Waals surface area contributed by atoms with E-state index in [1.165, 1.54) is 41.2 Å². The van der Waals surface area contributed by atoms with Crippen LogP contribution in [0.15, 0.2) is 54.9 Å². The Balaban J connectivity index is 1.72. The minimum atomic E-state index is -1.40. The molecule has 9 heteroatoms. The van der Waals surface area contributed by atoms with Crippen molar-refractivity contribution in [3.05, 3.63) is 77.6 Å². The molecule has 29 heavy (non-hydrogen) atoms. The molecule has 0 aliphatic carbocycles. The van der Waals surface area contributed by atoms with E-state index in [2.05, 4.69) is 10.1 Å². The van der Waals surface area contributed by atoms with Crippen LogP contribution in [0.3, 0.4) is 0 Å². The van der Waals surface area contributed by atoms with Crippen LogP contribution in [0.4, 0.5) is 14.6 Å². The van der Waals surface area contributed by atoms with Gasteiger partial charge in [-0.05, 0) is 36.4 Å². The number of carboxylic acids is 1. The second-order valence-corrected chi connectivity index (χ2v) is 6.21. The van der Waals surface area contributed by atoms with Crippen LogP contribution in [0.25, 0.3) is 16.6 Å². The maximum absolute atomic E-state index is 14.2. The standard InChI is InChI=1S/C20H14F2N4O3/c21-13-2-3-16-11(6-13)8-18(19(23)25-16)29-10-12-7-14(20(27)28)15(22)9-17(12)26-5-1-4-24-26/h1-9H,10H2,(H2,23,25)(H,27,28). The van der Waals surface area contributed by atoms with Crippen molar-refractivity contribution in [2.24, 2.45) is 0 Å². The molecule has 2 heterocycles. The van der Waals surface area contributed by atoms with Crippen molar-refractivity contribution < 1.29 is 23.4 Å². The normalized spacial score (nSPS) is 11.0. The largest absolute Gasteiger partial charge is 0.485 e. The molecular formula is C20H14F2N4O3. The molecular weight excluding hydrogens is 382 g/mol. The minimum absolute atomic E-state index is 0.0883. The Hall–Kier alpha value is -4.01. The average molecular weight is 396 g/mol. The van der Waals surface area contributed by atoms with E-state index in [1.54, 1.807) is 12.3 Å². The van der Waals surface area contributed by atoms with Gasteiger partial charge in [0.1, 0.15) is 18.2 Å². The number of anilines is 1. The van der Waals surface area contributed by atoms with Crippen molar-refractivity contribution in [2.45, 2.75) is 6.61 Å². The quantitative estimate of drug-likeness (QED) is 0.535. The SMILES string of the molecule is Nc1nc2ccc(F)cc2cc1OCc1cc(C(=O)O)c(F)cc1-n1cccn1. The molecule has 0 saturated carbocycles. The van der Waals surface area contributed by atoms with E-state index in [-0.39, 0.29) is 18.2 Å². The topological polar surface area (TPSA) is 103 Å². The molecule has 4 aromatic rings. The van der Waals surface area contributed by atoms with Crippen LogP contribution in [0, 0.1) is 11.6 Å². The predicted molar refractivity (Wildman–Crippen MR) is 101 cm³/mol. The zero-order valence-corrected chi connectivity index (χ0v) is 14.8. The molecule has 0 aliphatic rings. The highest BCUT2D eigenvalue weighted by molar-refractivity contribution is 5.88. The summed E-state index contributed by atoms with van der Waals surface area (Å²) in [7, 11) is 0. The number of benzene rings is 2. The molecule has 2 aromatic heterocycles. The third-order valence-electron chi connectivity index (χ3n) is 4.30. The van der Waals surface area contributed by atoms with E-state index in [4.69, 9.17) is 10.5 Å². The molecule has 0 aliphatic heterocycles. The zero-order chi connectivity index (χ0) is 20.5. The van der Waals surface area contributed by atoms with Gasteiger partial charge in [0.15, 0.2) is 11.6 Å². The highest BCUT2D eigenvalue weighted by atomic mass is 19.1. The van der Waals surface area contributed by atoms with Gasteiger partial charge in [-0.3, -0.25) is 0 Å². The number of nitrogen functional groups attached to an aromatic ring is 1. The summed E-state index contributed by atoms with van der Waals surface area (Å²) in [5.74, 6) is -2.45. The van der Waals surface area contributed by atoms with Gasteiger partial charge < -0.3 is 15.6 Å². The van der Waals surface area contributed by atoms with Gasteiger partial charge in [-0.2, -0.15) is 5.10 Å². The number of halogens is 2. The van der Waals surface area contributed by atoms with E-state index in [0.29, 0.717) is 22.2 Å². The molecule has 2 aromatic carbocycles. The molecule has 7 nitrogen and oxygen atoms in total. The lowest BCUT2D eigenvalue weighted by molar-refractivity contribution is 0.0691. The summed E-state index contributed by atoms with van der Waals surface area (Å²) in [6.07, 6.45) is 3.10. The minimum Gasteiger partial charge on any atom is -0.485 e. The van der Waals surface area contributed by atoms with E-state index in [1.807, 2.05) is 0 Å². The second-order valence-electron chi connectivity index (χ2n) is 6.21. The first-order valence-corrected chi connectivity index (χ1v) is 8.46. The van der Waals surface area contributed by atoms with Crippen molar-refractivity contribution in [3.63, 3.8) is 0 Å². The number of carboxylic acid groups (broad SMARTS) is 1. The number of aromatic carboxylic acids is 1. The number of nitrogens with zero attached hydrogens (tertiary/aromatic N) is 3. The lowest BCUT2D eigenvalue weighted by Gasteiger charge is -2.14. The summed E-state index contributed by atoms with van der Waals surface area (Å²) in [4.78, 5) is 15.5. The third-order valence-corrected chi connectivity index (χ3v) is 4.30. The first kappa shape index (κ1) is 18.4. The predicted octanol–water partition coefficient (Wildman–Crippen LogP) is 3.56. The lowest BCUT2D eigenvalue weighted by Crippen LogP contribution is -2.10. The van der Waals surface area contributed by atoms with Gasteiger partial charge in [-0.25, -0.2) is 23.2 Å². The van der Waals surface area contributed by atoms with Gasteiger partial charge in [-0.1, -0.05) is 0 Å². The molecule has 146 valence electrons. The van der Waals surface area contributed by atoms with Gasteiger partial charge in [-0.15, -0.1) is 0 Å². The molecule has 0 unspecified atom stereocenters. The number of fused-ring (bicyclic) bond motifs is 1. The first-order chi connectivity index (χ1) is 13.9. The Morgan fingerprint density at radius 3 is 2.76 bits per heavy atom. The van der Waals surface area contributed by atoms with Crippen LogP contribution in [-0.4, -0.2) is 25.8 Å². The summed E-state index contributed by atoms with van der Waals surface area (Å²) >= 11 is 0. The Morgan fingerprint density at radius 2 is 2.03 bits per heavy atom. The van der Waals surface area contributed by atoms with E-state index < -0.39 is 23.2 Å². The molecule has 0 radical (unpaired) electrons. The van der Waals surface area contributed by atoms with Crippen molar-refractivity contribution in [1.29, 1.82) is 0 Å². The Morgan fingerprint density at radius 1 is 1.21 bits per heavy atom. The van der Waals surface area contributed by atoms with Gasteiger partial charge in [0.2, 0.25) is 0 Å². The monoisotopic (exact) mass is 396 g/mol. The number of pyridine rings is 1. The van der Waals surface area contributed by atoms with Crippen molar-refractivity contribution in [3.8, 4) is 11.4 Å². The summed E-state index contributed by atoms with van der Waals surface area (Å²) < 4.78 is 34.8. The first-order valence-electron chi connectivity index (χ1n) is 8.46.